The minimum absolute atomic E-state index is 0.214. The highest BCUT2D eigenvalue weighted by atomic mass is 27.2. The van der Waals surface area contributed by atoms with Gasteiger partial charge in [-0.3, -0.25) is 4.90 Å². The first-order valence-corrected chi connectivity index (χ1v) is 27.8. The van der Waals surface area contributed by atoms with Crippen molar-refractivity contribution in [1.82, 2.24) is 0 Å². The van der Waals surface area contributed by atoms with E-state index in [-0.39, 0.29) is 18.0 Å². The summed E-state index contributed by atoms with van der Waals surface area (Å²) in [7, 11) is 0. The molecule has 0 amide bonds. The van der Waals surface area contributed by atoms with Crippen LogP contribution in [0.4, 0.5) is 40.8 Å². The molecule has 1 saturated heterocycles. The van der Waals surface area contributed by atoms with E-state index in [0.717, 1.165) is 0 Å². The van der Waals surface area contributed by atoms with Gasteiger partial charge in [0.25, 0.3) is 0 Å². The van der Waals surface area contributed by atoms with Crippen LogP contribution in [0.2, 0.25) is 21.1 Å². The van der Waals surface area contributed by atoms with Crippen molar-refractivity contribution in [3.8, 4) is 0 Å². The maximum absolute atomic E-state index is 14.0. The van der Waals surface area contributed by atoms with Gasteiger partial charge in [0, 0.05) is 18.9 Å². The molecule has 1 heterocycles. The van der Waals surface area contributed by atoms with E-state index in [0.29, 0.717) is 18.9 Å². The van der Waals surface area contributed by atoms with Crippen LogP contribution in [0.3, 0.4) is 0 Å². The number of nitrogens with one attached hydrogen (secondary N) is 1. The fourth-order valence-electron chi connectivity index (χ4n) is 9.35. The second-order valence-corrected chi connectivity index (χ2v) is 23.9. The number of benzene rings is 1. The summed E-state index contributed by atoms with van der Waals surface area (Å²) in [5.74, 6) is -12.3. The van der Waals surface area contributed by atoms with E-state index in [2.05, 4.69) is 27.7 Å². The van der Waals surface area contributed by atoms with Crippen LogP contribution in [0.15, 0.2) is 6.07 Å². The van der Waals surface area contributed by atoms with Gasteiger partial charge in [0.05, 0.1) is 13.1 Å². The lowest BCUT2D eigenvalue weighted by atomic mass is 10.0. The van der Waals surface area contributed by atoms with Crippen molar-refractivity contribution in [2.75, 3.05) is 13.1 Å². The van der Waals surface area contributed by atoms with Crippen LogP contribution in [0.1, 0.15) is 226 Å². The van der Waals surface area contributed by atoms with Crippen LogP contribution >= 0.6 is 0 Å². The molecule has 0 saturated carbocycles. The quantitative estimate of drug-likeness (QED) is 0.0305. The predicted octanol–water partition coefficient (Wildman–Crippen LogP) is 17.5. The summed E-state index contributed by atoms with van der Waals surface area (Å²) in [4.78, 5) is 0.214. The highest BCUT2D eigenvalue weighted by Gasteiger charge is 2.62. The van der Waals surface area contributed by atoms with Crippen LogP contribution in [-0.4, -0.2) is 32.3 Å². The zero-order chi connectivity index (χ0) is 43.1. The number of quaternary nitrogens is 1. The Hall–Kier alpha value is -0.848. The molecule has 0 unspecified atom stereocenters. The fourth-order valence-corrected chi connectivity index (χ4v) is 15.7. The lowest BCUT2D eigenvalue weighted by Gasteiger charge is -2.37. The van der Waals surface area contributed by atoms with Gasteiger partial charge in [0.15, 0.2) is 23.1 Å². The summed E-state index contributed by atoms with van der Waals surface area (Å²) in [6.45, 7) is 9.88. The Morgan fingerprint density at radius 2 is 0.741 bits per heavy atom. The van der Waals surface area contributed by atoms with Crippen LogP contribution in [0.25, 0.3) is 0 Å². The van der Waals surface area contributed by atoms with Crippen molar-refractivity contribution in [3.63, 3.8) is 0 Å². The molecule has 1 nitrogen and oxygen atoms in total. The van der Waals surface area contributed by atoms with Gasteiger partial charge in [-0.2, -0.15) is 47.5 Å². The Labute approximate surface area is 353 Å². The van der Waals surface area contributed by atoms with E-state index in [4.69, 9.17) is 0 Å². The molecule has 0 aromatic heterocycles. The Morgan fingerprint density at radius 1 is 0.448 bits per heavy atom. The number of hydrogen-bond acceptors (Lipinski definition) is 0. The molecule has 0 bridgehead atoms. The van der Waals surface area contributed by atoms with E-state index in [1.165, 1.54) is 154 Å². The maximum atomic E-state index is 14.0. The first kappa shape index (κ1) is 55.2. The highest BCUT2D eigenvalue weighted by molar-refractivity contribution is 6.79. The summed E-state index contributed by atoms with van der Waals surface area (Å²) in [5, 5.41) is 6.84. The molecular formula is C48H86AlF8N. The molecule has 2 rings (SSSR count). The Morgan fingerprint density at radius 3 is 1.03 bits per heavy atom. The standard InChI is InChI=1S/C12H9F8N.4C9H19.Al/c13-6-5-7(21-3-1-2-4-21)10(15)8(9(6)14)11(16,17)12(18,19)20;4*1-3-5-7-9-8-6-4-2;/h5H,1-4H2;4*1,3-9H2,2H3;/q;;;;;-1/p+1. The normalized spacial score (nSPS) is 14.0. The first-order chi connectivity index (χ1) is 27.8. The summed E-state index contributed by atoms with van der Waals surface area (Å²) >= 11 is -1.45. The second-order valence-electron chi connectivity index (χ2n) is 18.2. The van der Waals surface area contributed by atoms with Gasteiger partial charge < -0.3 is 0 Å². The molecule has 0 aliphatic carbocycles. The molecular weight excluding hydrogens is 770 g/mol. The molecule has 1 aliphatic rings. The van der Waals surface area contributed by atoms with Crippen molar-refractivity contribution < 1.29 is 40.0 Å². The third-order valence-corrected chi connectivity index (χ3v) is 19.6. The number of rotatable bonds is 34. The monoisotopic (exact) mass is 856 g/mol. The number of unbranched alkanes of at least 4 members (excludes halogenated alkanes) is 24. The minimum Gasteiger partial charge on any atom is -0.300 e. The van der Waals surface area contributed by atoms with Crippen LogP contribution in [0, 0.1) is 17.5 Å². The van der Waals surface area contributed by atoms with E-state index < -0.39 is 53.9 Å². The van der Waals surface area contributed by atoms with E-state index in [1.807, 2.05) is 0 Å². The summed E-state index contributed by atoms with van der Waals surface area (Å²) in [5.41, 5.74) is -3.28. The van der Waals surface area contributed by atoms with Crippen molar-refractivity contribution in [3.05, 3.63) is 29.1 Å². The molecule has 342 valence electrons. The van der Waals surface area contributed by atoms with E-state index in [1.54, 1.807) is 46.8 Å². The largest absolute Gasteiger partial charge is 0.458 e. The third kappa shape index (κ3) is 22.3. The first-order valence-electron chi connectivity index (χ1n) is 24.5. The average molecular weight is 856 g/mol. The third-order valence-electron chi connectivity index (χ3n) is 13.1. The fraction of sp³-hybridized carbons (Fsp3) is 0.875. The molecule has 1 aliphatic heterocycles. The zero-order valence-corrected chi connectivity index (χ0v) is 38.8. The van der Waals surface area contributed by atoms with Crippen LogP contribution < -0.4 is 4.90 Å². The van der Waals surface area contributed by atoms with Crippen molar-refractivity contribution in [2.24, 2.45) is 0 Å². The lowest BCUT2D eigenvalue weighted by molar-refractivity contribution is -0.819. The number of hydrogen-bond donors (Lipinski definition) is 1. The maximum Gasteiger partial charge on any atom is 0.458 e. The van der Waals surface area contributed by atoms with Gasteiger partial charge in [-0.05, 0) is 0 Å². The van der Waals surface area contributed by atoms with Gasteiger partial charge in [0.2, 0.25) is 0 Å². The predicted molar refractivity (Wildman–Crippen MR) is 233 cm³/mol. The minimum atomic E-state index is -6.22. The summed E-state index contributed by atoms with van der Waals surface area (Å²) in [6, 6.07) is 0.335. The molecule has 1 N–H and O–H groups in total. The van der Waals surface area contributed by atoms with Crippen molar-refractivity contribution >= 4 is 18.8 Å². The zero-order valence-electron chi connectivity index (χ0n) is 37.6. The van der Waals surface area contributed by atoms with Gasteiger partial charge >= 0.3 is 12.1 Å². The SMILES string of the molecule is CCCCCCCC[CH2][Al-]([CH2]CCCCCCCC)([CH2]CCCCCCCC)[CH2]CCCCCCCC.Fc1cc([NH+]2CCCC2)c(F)c(C(F)(F)C(F)(F)F)c1F. The average Bonchev–Trinajstić information content (AvgIpc) is 3.73. The Bertz CT molecular complexity index is 1060. The number of halogens is 8. The lowest BCUT2D eigenvalue weighted by Crippen LogP contribution is -3.05. The molecule has 1 aromatic carbocycles. The topological polar surface area (TPSA) is 4.44 Å². The van der Waals surface area contributed by atoms with Crippen LogP contribution in [0.5, 0.6) is 0 Å². The smallest absolute Gasteiger partial charge is 0.300 e. The van der Waals surface area contributed by atoms with E-state index in [9.17, 15) is 35.1 Å². The van der Waals surface area contributed by atoms with Crippen molar-refractivity contribution in [2.45, 2.75) is 254 Å². The molecule has 0 spiro atoms. The van der Waals surface area contributed by atoms with Gasteiger partial charge in [-0.1, -0.05) is 207 Å². The van der Waals surface area contributed by atoms with Crippen molar-refractivity contribution in [1.29, 1.82) is 0 Å². The molecule has 0 atom stereocenters. The Kier molecular flexibility index (Phi) is 31.2. The van der Waals surface area contributed by atoms with Gasteiger partial charge in [0.1, 0.15) is 18.6 Å². The molecule has 0 radical (unpaired) electrons. The summed E-state index contributed by atoms with van der Waals surface area (Å²) < 4.78 is 104. The second kappa shape index (κ2) is 32.8. The molecule has 10 heteroatoms. The molecule has 1 fully saturated rings. The summed E-state index contributed by atoms with van der Waals surface area (Å²) in [6.07, 6.45) is 36.8. The highest BCUT2D eigenvalue weighted by Crippen LogP contribution is 2.47. The van der Waals surface area contributed by atoms with Gasteiger partial charge in [-0.15, -0.1) is 0 Å². The van der Waals surface area contributed by atoms with Crippen LogP contribution in [-0.2, 0) is 5.92 Å². The molecule has 58 heavy (non-hydrogen) atoms. The van der Waals surface area contributed by atoms with Gasteiger partial charge in [-0.25, -0.2) is 8.78 Å². The van der Waals surface area contributed by atoms with E-state index >= 15 is 0 Å². The molecule has 1 aromatic rings. The number of alkyl halides is 5. The Balaban J connectivity index is 0.000000670.